The average molecular weight is 454 g/mol. The number of hydrogen-bond donors (Lipinski definition) is 2. The van der Waals surface area contributed by atoms with Crippen LogP contribution in [0.4, 0.5) is 11.4 Å². The molecule has 0 saturated heterocycles. The van der Waals surface area contributed by atoms with Gasteiger partial charge in [-0.2, -0.15) is 5.10 Å². The van der Waals surface area contributed by atoms with Gasteiger partial charge >= 0.3 is 11.6 Å². The van der Waals surface area contributed by atoms with Crippen molar-refractivity contribution in [1.82, 2.24) is 15.2 Å². The summed E-state index contributed by atoms with van der Waals surface area (Å²) in [6, 6.07) is 9.31. The molecule has 2 N–H and O–H groups in total. The number of ether oxygens (including phenoxy) is 1. The number of methoxy groups -OCH3 is 1. The highest BCUT2D eigenvalue weighted by molar-refractivity contribution is 6.04. The van der Waals surface area contributed by atoms with Gasteiger partial charge in [-0.3, -0.25) is 19.7 Å². The first-order chi connectivity index (χ1) is 15.7. The van der Waals surface area contributed by atoms with Gasteiger partial charge in [0.2, 0.25) is 0 Å². The zero-order chi connectivity index (χ0) is 24.1. The maximum absolute atomic E-state index is 12.5. The second-order valence-corrected chi connectivity index (χ2v) is 7.06. The molecule has 0 radical (unpaired) electrons. The molecule has 0 bridgehead atoms. The van der Waals surface area contributed by atoms with E-state index in [1.165, 1.54) is 14.0 Å². The van der Waals surface area contributed by atoms with Crippen molar-refractivity contribution >= 4 is 28.9 Å². The molecule has 1 atom stereocenters. The molecule has 0 aliphatic heterocycles. The monoisotopic (exact) mass is 454 g/mol. The molecule has 0 saturated carbocycles. The van der Waals surface area contributed by atoms with Crippen LogP contribution in [0.1, 0.15) is 41.8 Å². The number of furan rings is 1. The average Bonchev–Trinajstić information content (AvgIpc) is 3.43. The Morgan fingerprint density at radius 2 is 2.06 bits per heavy atom. The SMILES string of the molecule is COc1nn(C(C)C(=O)NN=C(C)c2cccc(NC(=O)c3ccc(C)o3)c2)cc1[N+](=O)[O-]. The van der Waals surface area contributed by atoms with Gasteiger partial charge in [0.15, 0.2) is 5.76 Å². The van der Waals surface area contributed by atoms with Gasteiger partial charge in [-0.15, -0.1) is 5.10 Å². The number of nitro groups is 1. The van der Waals surface area contributed by atoms with Crippen molar-refractivity contribution in [3.05, 3.63) is 69.8 Å². The van der Waals surface area contributed by atoms with E-state index in [0.717, 1.165) is 10.9 Å². The fourth-order valence-corrected chi connectivity index (χ4v) is 2.82. The molecule has 3 rings (SSSR count). The molecule has 12 heteroatoms. The van der Waals surface area contributed by atoms with E-state index in [1.54, 1.807) is 50.2 Å². The molecule has 2 heterocycles. The van der Waals surface area contributed by atoms with Gasteiger partial charge in [-0.25, -0.2) is 10.1 Å². The number of nitrogens with zero attached hydrogens (tertiary/aromatic N) is 4. The van der Waals surface area contributed by atoms with E-state index < -0.39 is 16.9 Å². The summed E-state index contributed by atoms with van der Waals surface area (Å²) in [7, 11) is 1.25. The number of hydrogen-bond acceptors (Lipinski definition) is 8. The minimum Gasteiger partial charge on any atom is -0.475 e. The van der Waals surface area contributed by atoms with Crippen molar-refractivity contribution < 1.29 is 23.7 Å². The second kappa shape index (κ2) is 9.77. The summed E-state index contributed by atoms with van der Waals surface area (Å²) in [5, 5.41) is 21.8. The molecule has 1 unspecified atom stereocenters. The van der Waals surface area contributed by atoms with Gasteiger partial charge in [0.05, 0.1) is 17.7 Å². The van der Waals surface area contributed by atoms with Gasteiger partial charge in [0.25, 0.3) is 11.8 Å². The molecule has 12 nitrogen and oxygen atoms in total. The molecule has 33 heavy (non-hydrogen) atoms. The van der Waals surface area contributed by atoms with Crippen molar-refractivity contribution in [3.8, 4) is 5.88 Å². The van der Waals surface area contributed by atoms with E-state index in [2.05, 4.69) is 20.9 Å². The summed E-state index contributed by atoms with van der Waals surface area (Å²) in [5.74, 6) is -0.291. The minimum absolute atomic E-state index is 0.192. The minimum atomic E-state index is -0.883. The summed E-state index contributed by atoms with van der Waals surface area (Å²) in [6.45, 7) is 4.95. The van der Waals surface area contributed by atoms with Crippen molar-refractivity contribution in [2.45, 2.75) is 26.8 Å². The topological polar surface area (TPSA) is 154 Å². The Morgan fingerprint density at radius 1 is 1.30 bits per heavy atom. The second-order valence-electron chi connectivity index (χ2n) is 7.06. The van der Waals surface area contributed by atoms with E-state index >= 15 is 0 Å². The van der Waals surface area contributed by atoms with Crippen molar-refractivity contribution in [2.24, 2.45) is 5.10 Å². The third-order valence-corrected chi connectivity index (χ3v) is 4.68. The Morgan fingerprint density at radius 3 is 2.67 bits per heavy atom. The quantitative estimate of drug-likeness (QED) is 0.301. The number of hydrazone groups is 1. The Labute approximate surface area is 188 Å². The first-order valence-corrected chi connectivity index (χ1v) is 9.79. The Bertz CT molecular complexity index is 1230. The van der Waals surface area contributed by atoms with E-state index in [-0.39, 0.29) is 23.2 Å². The summed E-state index contributed by atoms with van der Waals surface area (Å²) in [6.07, 6.45) is 1.12. The molecular weight excluding hydrogens is 432 g/mol. The highest BCUT2D eigenvalue weighted by atomic mass is 16.6. The van der Waals surface area contributed by atoms with Crippen molar-refractivity contribution in [1.29, 1.82) is 0 Å². The van der Waals surface area contributed by atoms with Crippen LogP contribution >= 0.6 is 0 Å². The van der Waals surface area contributed by atoms with Crippen LogP contribution in [0, 0.1) is 17.0 Å². The molecule has 0 aliphatic rings. The summed E-state index contributed by atoms with van der Waals surface area (Å²) >= 11 is 0. The molecule has 0 aliphatic carbocycles. The fraction of sp³-hybridized carbons (Fsp3) is 0.238. The lowest BCUT2D eigenvalue weighted by Gasteiger charge is -2.10. The van der Waals surface area contributed by atoms with Crippen LogP contribution in [0.15, 0.2) is 52.1 Å². The van der Waals surface area contributed by atoms with E-state index in [1.807, 2.05) is 0 Å². The lowest BCUT2D eigenvalue weighted by atomic mass is 10.1. The first-order valence-electron chi connectivity index (χ1n) is 9.79. The molecule has 172 valence electrons. The number of carbonyl (C=O) groups excluding carboxylic acids is 2. The standard InChI is InChI=1S/C21H22N6O6/c1-12-8-9-18(33-12)20(29)22-16-7-5-6-15(10-16)13(2)23-24-19(28)14(3)26-11-17(27(30)31)21(25-26)32-4/h5-11,14H,1-4H3,(H,22,29)(H,24,28). The zero-order valence-electron chi connectivity index (χ0n) is 18.4. The highest BCUT2D eigenvalue weighted by Crippen LogP contribution is 2.26. The lowest BCUT2D eigenvalue weighted by Crippen LogP contribution is -2.28. The van der Waals surface area contributed by atoms with E-state index in [9.17, 15) is 19.7 Å². The predicted molar refractivity (Wildman–Crippen MR) is 118 cm³/mol. The number of anilines is 1. The molecule has 2 aromatic heterocycles. The third kappa shape index (κ3) is 5.42. The Balaban J connectivity index is 1.68. The third-order valence-electron chi connectivity index (χ3n) is 4.68. The van der Waals surface area contributed by atoms with Crippen LogP contribution in [-0.2, 0) is 4.79 Å². The maximum atomic E-state index is 12.5. The summed E-state index contributed by atoms with van der Waals surface area (Å²) in [5.41, 5.74) is 3.73. The summed E-state index contributed by atoms with van der Waals surface area (Å²) < 4.78 is 11.3. The molecule has 1 aromatic carbocycles. The first kappa shape index (κ1) is 23.2. The fourth-order valence-electron chi connectivity index (χ4n) is 2.82. The zero-order valence-corrected chi connectivity index (χ0v) is 18.4. The summed E-state index contributed by atoms with van der Waals surface area (Å²) in [4.78, 5) is 35.2. The number of amides is 2. The van der Waals surface area contributed by atoms with Crippen LogP contribution in [0.5, 0.6) is 5.88 Å². The van der Waals surface area contributed by atoms with Crippen molar-refractivity contribution in [2.75, 3.05) is 12.4 Å². The molecule has 3 aromatic rings. The van der Waals surface area contributed by atoms with Crippen molar-refractivity contribution in [3.63, 3.8) is 0 Å². The van der Waals surface area contributed by atoms with Crippen LogP contribution in [-0.4, -0.2) is 39.3 Å². The normalized spacial score (nSPS) is 12.2. The number of aryl methyl sites for hydroxylation is 1. The van der Waals surface area contributed by atoms with E-state index in [0.29, 0.717) is 22.7 Å². The van der Waals surface area contributed by atoms with Gasteiger partial charge in [-0.1, -0.05) is 12.1 Å². The number of carbonyl (C=O) groups is 2. The van der Waals surface area contributed by atoms with Gasteiger partial charge in [0, 0.05) is 5.69 Å². The lowest BCUT2D eigenvalue weighted by molar-refractivity contribution is -0.385. The van der Waals surface area contributed by atoms with Gasteiger partial charge < -0.3 is 14.5 Å². The largest absolute Gasteiger partial charge is 0.475 e. The Kier molecular flexibility index (Phi) is 6.86. The molecular formula is C21H22N6O6. The van der Waals surface area contributed by atoms with Crippen LogP contribution in [0.25, 0.3) is 0 Å². The number of aromatic nitrogens is 2. The Hall–Kier alpha value is -4.48. The number of benzene rings is 1. The highest BCUT2D eigenvalue weighted by Gasteiger charge is 2.25. The van der Waals surface area contributed by atoms with Gasteiger partial charge in [-0.05, 0) is 50.6 Å². The maximum Gasteiger partial charge on any atom is 0.350 e. The predicted octanol–water partition coefficient (Wildman–Crippen LogP) is 3.06. The number of nitrogens with one attached hydrogen (secondary N) is 2. The van der Waals surface area contributed by atoms with Crippen LogP contribution in [0.3, 0.4) is 0 Å². The van der Waals surface area contributed by atoms with Crippen LogP contribution in [0.2, 0.25) is 0 Å². The van der Waals surface area contributed by atoms with E-state index in [4.69, 9.17) is 9.15 Å². The number of rotatable bonds is 8. The molecule has 2 amide bonds. The smallest absolute Gasteiger partial charge is 0.350 e. The van der Waals surface area contributed by atoms with Crippen LogP contribution < -0.4 is 15.5 Å². The van der Waals surface area contributed by atoms with Gasteiger partial charge in [0.1, 0.15) is 18.0 Å². The molecule has 0 fully saturated rings. The molecule has 0 spiro atoms.